The number of carbonyl (C=O) groups is 3. The van der Waals surface area contributed by atoms with Crippen LogP contribution in [0.2, 0.25) is 0 Å². The molecule has 0 spiro atoms. The molecule has 1 aromatic carbocycles. The Bertz CT molecular complexity index is 685. The van der Waals surface area contributed by atoms with E-state index in [0.717, 1.165) is 0 Å². The second kappa shape index (κ2) is 5.75. The highest BCUT2D eigenvalue weighted by Crippen LogP contribution is 2.33. The van der Waals surface area contributed by atoms with Crippen molar-refractivity contribution >= 4 is 40.6 Å². The summed E-state index contributed by atoms with van der Waals surface area (Å²) in [5, 5.41) is 10.3. The van der Waals surface area contributed by atoms with Gasteiger partial charge in [-0.15, -0.1) is 0 Å². The summed E-state index contributed by atoms with van der Waals surface area (Å²) < 4.78 is 0. The molecule has 2 rings (SSSR count). The zero-order valence-electron chi connectivity index (χ0n) is 10.5. The first-order valence-electron chi connectivity index (χ1n) is 5.67. The molecule has 1 aromatic rings. The third-order valence-corrected chi connectivity index (χ3v) is 3.51. The molecule has 1 aliphatic heterocycles. The third kappa shape index (κ3) is 3.08. The fourth-order valence-corrected chi connectivity index (χ4v) is 2.54. The maximum atomic E-state index is 12.0. The number of rotatable bonds is 4. The van der Waals surface area contributed by atoms with Gasteiger partial charge < -0.3 is 5.73 Å². The molecule has 0 aliphatic carbocycles. The Hall–Kier alpha value is -2.68. The van der Waals surface area contributed by atoms with Crippen molar-refractivity contribution in [1.82, 2.24) is 4.90 Å². The summed E-state index contributed by atoms with van der Waals surface area (Å²) in [6.07, 6.45) is 1.25. The van der Waals surface area contributed by atoms with Crippen LogP contribution in [0.15, 0.2) is 29.2 Å². The van der Waals surface area contributed by atoms with Gasteiger partial charge >= 0.3 is 0 Å². The Labute approximate surface area is 122 Å². The number of hydrogen-bond donors (Lipinski definition) is 1. The normalized spacial score (nSPS) is 16.6. The van der Waals surface area contributed by atoms with Gasteiger partial charge in [-0.2, -0.15) is 0 Å². The molecule has 1 fully saturated rings. The van der Waals surface area contributed by atoms with Crippen LogP contribution in [0.5, 0.6) is 0 Å². The molecule has 3 amide bonds. The van der Waals surface area contributed by atoms with Gasteiger partial charge in [-0.1, -0.05) is 12.1 Å². The fraction of sp³-hybridized carbons (Fsp3) is 0.0833. The van der Waals surface area contributed by atoms with Crippen molar-refractivity contribution in [3.8, 4) is 0 Å². The highest BCUT2D eigenvalue weighted by molar-refractivity contribution is 8.18. The fourth-order valence-electron chi connectivity index (χ4n) is 1.71. The van der Waals surface area contributed by atoms with E-state index in [1.54, 1.807) is 6.07 Å². The molecule has 0 bridgehead atoms. The largest absolute Gasteiger partial charge is 0.368 e. The smallest absolute Gasteiger partial charge is 0.294 e. The number of thioether (sulfide) groups is 1. The number of amides is 3. The molecule has 1 saturated heterocycles. The van der Waals surface area contributed by atoms with E-state index in [2.05, 4.69) is 0 Å². The van der Waals surface area contributed by atoms with Crippen molar-refractivity contribution < 1.29 is 19.3 Å². The van der Waals surface area contributed by atoms with Crippen molar-refractivity contribution in [3.63, 3.8) is 0 Å². The summed E-state index contributed by atoms with van der Waals surface area (Å²) in [5.74, 6) is -1.51. The predicted molar refractivity (Wildman–Crippen MR) is 75.0 cm³/mol. The van der Waals surface area contributed by atoms with Gasteiger partial charge in [0.05, 0.1) is 15.4 Å². The lowest BCUT2D eigenvalue weighted by Gasteiger charge is -2.08. The van der Waals surface area contributed by atoms with E-state index in [1.807, 2.05) is 0 Å². The maximum absolute atomic E-state index is 12.0. The molecule has 9 heteroatoms. The molecule has 0 aromatic heterocycles. The van der Waals surface area contributed by atoms with E-state index >= 15 is 0 Å². The van der Waals surface area contributed by atoms with Crippen LogP contribution in [-0.4, -0.2) is 33.4 Å². The van der Waals surface area contributed by atoms with E-state index in [-0.39, 0.29) is 16.2 Å². The first-order valence-corrected chi connectivity index (χ1v) is 6.49. The number of para-hydroxylation sites is 1. The zero-order valence-corrected chi connectivity index (χ0v) is 11.3. The molecule has 8 nitrogen and oxygen atoms in total. The summed E-state index contributed by atoms with van der Waals surface area (Å²) in [5.41, 5.74) is 4.98. The summed E-state index contributed by atoms with van der Waals surface area (Å²) in [7, 11) is 0. The van der Waals surface area contributed by atoms with Crippen molar-refractivity contribution in [3.05, 3.63) is 44.8 Å². The van der Waals surface area contributed by atoms with Gasteiger partial charge in [0.15, 0.2) is 0 Å². The monoisotopic (exact) mass is 307 g/mol. The number of hydrogen-bond acceptors (Lipinski definition) is 6. The minimum absolute atomic E-state index is 0.00977. The average Bonchev–Trinajstić information content (AvgIpc) is 2.66. The molecule has 0 saturated carbocycles. The van der Waals surface area contributed by atoms with Crippen molar-refractivity contribution in [2.45, 2.75) is 0 Å². The lowest BCUT2D eigenvalue weighted by atomic mass is 10.1. The zero-order chi connectivity index (χ0) is 15.6. The number of nitrogens with two attached hydrogens (primary N) is 1. The minimum Gasteiger partial charge on any atom is -0.368 e. The Kier molecular flexibility index (Phi) is 4.03. The lowest BCUT2D eigenvalue weighted by Crippen LogP contribution is -2.36. The molecule has 1 aliphatic rings. The van der Waals surface area contributed by atoms with E-state index in [9.17, 15) is 24.5 Å². The minimum atomic E-state index is -0.816. The Morgan fingerprint density at radius 2 is 2.05 bits per heavy atom. The number of primary amides is 1. The second-order valence-electron chi connectivity index (χ2n) is 4.05. The molecule has 0 unspecified atom stereocenters. The lowest BCUT2D eigenvalue weighted by molar-refractivity contribution is -0.385. The van der Waals surface area contributed by atoms with Crippen LogP contribution in [0, 0.1) is 10.1 Å². The highest BCUT2D eigenvalue weighted by atomic mass is 32.2. The molecule has 0 atom stereocenters. The quantitative estimate of drug-likeness (QED) is 0.505. The number of nitrogens with zero attached hydrogens (tertiary/aromatic N) is 2. The predicted octanol–water partition coefficient (Wildman–Crippen LogP) is 1.12. The van der Waals surface area contributed by atoms with Gasteiger partial charge in [0.1, 0.15) is 6.54 Å². The SMILES string of the molecule is NC(=O)CN1C(=O)S/C(=C\c2ccccc2[N+](=O)[O-])C1=O. The summed E-state index contributed by atoms with van der Waals surface area (Å²) >= 11 is 0.607. The van der Waals surface area contributed by atoms with Crippen LogP contribution in [-0.2, 0) is 9.59 Å². The molecule has 21 heavy (non-hydrogen) atoms. The Morgan fingerprint density at radius 1 is 1.38 bits per heavy atom. The number of benzene rings is 1. The number of nitro benzene ring substituents is 1. The average molecular weight is 307 g/mol. The maximum Gasteiger partial charge on any atom is 0.294 e. The molecular formula is C12H9N3O5S. The van der Waals surface area contributed by atoms with Crippen LogP contribution in [0.3, 0.4) is 0 Å². The van der Waals surface area contributed by atoms with Gasteiger partial charge in [0.2, 0.25) is 5.91 Å². The topological polar surface area (TPSA) is 124 Å². The van der Waals surface area contributed by atoms with Crippen LogP contribution < -0.4 is 5.73 Å². The van der Waals surface area contributed by atoms with Crippen LogP contribution >= 0.6 is 11.8 Å². The molecule has 108 valence electrons. The van der Waals surface area contributed by atoms with Crippen molar-refractivity contribution in [1.29, 1.82) is 0 Å². The number of nitro groups is 1. The van der Waals surface area contributed by atoms with Gasteiger partial charge in [-0.05, 0) is 23.9 Å². The first-order chi connectivity index (χ1) is 9.90. The van der Waals surface area contributed by atoms with Gasteiger partial charge in [-0.3, -0.25) is 29.4 Å². The van der Waals surface area contributed by atoms with Gasteiger partial charge in [-0.25, -0.2) is 0 Å². The standard InChI is InChI=1S/C12H9N3O5S/c13-10(16)6-14-11(17)9(21-12(14)18)5-7-3-1-2-4-8(7)15(19)20/h1-5H,6H2,(H2,13,16)/b9-5-. The van der Waals surface area contributed by atoms with Crippen LogP contribution in [0.4, 0.5) is 10.5 Å². The molecule has 2 N–H and O–H groups in total. The van der Waals surface area contributed by atoms with Gasteiger partial charge in [0.25, 0.3) is 16.8 Å². The van der Waals surface area contributed by atoms with Crippen molar-refractivity contribution in [2.24, 2.45) is 5.73 Å². The highest BCUT2D eigenvalue weighted by Gasteiger charge is 2.36. The Morgan fingerprint density at radius 3 is 2.67 bits per heavy atom. The summed E-state index contributed by atoms with van der Waals surface area (Å²) in [6, 6.07) is 5.82. The first kappa shape index (κ1) is 14.7. The van der Waals surface area contributed by atoms with Crippen LogP contribution in [0.1, 0.15) is 5.56 Å². The summed E-state index contributed by atoms with van der Waals surface area (Å²) in [4.78, 5) is 45.4. The number of imide groups is 1. The van der Waals surface area contributed by atoms with Crippen LogP contribution in [0.25, 0.3) is 6.08 Å². The van der Waals surface area contributed by atoms with Crippen molar-refractivity contribution in [2.75, 3.05) is 6.54 Å². The Balaban J connectivity index is 2.35. The molecule has 1 heterocycles. The van der Waals surface area contributed by atoms with E-state index < -0.39 is 28.5 Å². The third-order valence-electron chi connectivity index (χ3n) is 2.61. The molecule has 0 radical (unpaired) electrons. The van der Waals surface area contributed by atoms with E-state index in [0.29, 0.717) is 16.7 Å². The second-order valence-corrected chi connectivity index (χ2v) is 5.04. The van der Waals surface area contributed by atoms with E-state index in [1.165, 1.54) is 24.3 Å². The summed E-state index contributed by atoms with van der Waals surface area (Å²) in [6.45, 7) is -0.515. The van der Waals surface area contributed by atoms with Gasteiger partial charge in [0, 0.05) is 6.07 Å². The number of carbonyl (C=O) groups excluding carboxylic acids is 3. The molecular weight excluding hydrogens is 298 g/mol. The van der Waals surface area contributed by atoms with E-state index in [4.69, 9.17) is 5.73 Å².